The largest absolute Gasteiger partial charge is 0.381 e. The molecule has 0 unspecified atom stereocenters. The first-order valence-electron chi connectivity index (χ1n) is 6.48. The SMILES string of the molecule is CN(CC1CCOCC1)c1ccc(CN)cc1Br. The van der Waals surface area contributed by atoms with E-state index >= 15 is 0 Å². The fraction of sp³-hybridized carbons (Fsp3) is 0.571. The predicted octanol–water partition coefficient (Wildman–Crippen LogP) is 2.77. The van der Waals surface area contributed by atoms with Gasteiger partial charge in [-0.25, -0.2) is 0 Å². The van der Waals surface area contributed by atoms with Crippen molar-refractivity contribution >= 4 is 21.6 Å². The molecule has 0 spiro atoms. The van der Waals surface area contributed by atoms with Crippen LogP contribution in [0, 0.1) is 5.92 Å². The zero-order valence-electron chi connectivity index (χ0n) is 10.9. The Morgan fingerprint density at radius 3 is 2.72 bits per heavy atom. The summed E-state index contributed by atoms with van der Waals surface area (Å²) in [4.78, 5) is 2.32. The van der Waals surface area contributed by atoms with Crippen molar-refractivity contribution in [3.63, 3.8) is 0 Å². The van der Waals surface area contributed by atoms with Crippen molar-refractivity contribution in [3.8, 4) is 0 Å². The second-order valence-corrected chi connectivity index (χ2v) is 5.78. The fourth-order valence-corrected chi connectivity index (χ4v) is 3.13. The third-order valence-electron chi connectivity index (χ3n) is 3.53. The first kappa shape index (κ1) is 13.8. The van der Waals surface area contributed by atoms with Crippen molar-refractivity contribution in [1.29, 1.82) is 0 Å². The van der Waals surface area contributed by atoms with Gasteiger partial charge in [-0.2, -0.15) is 0 Å². The van der Waals surface area contributed by atoms with Crippen LogP contribution >= 0.6 is 15.9 Å². The van der Waals surface area contributed by atoms with Gasteiger partial charge in [0, 0.05) is 37.8 Å². The molecule has 0 saturated carbocycles. The highest BCUT2D eigenvalue weighted by Crippen LogP contribution is 2.28. The minimum atomic E-state index is 0.586. The summed E-state index contributed by atoms with van der Waals surface area (Å²) in [5.74, 6) is 0.741. The van der Waals surface area contributed by atoms with Crippen LogP contribution in [0.1, 0.15) is 18.4 Å². The first-order chi connectivity index (χ1) is 8.70. The lowest BCUT2D eigenvalue weighted by Gasteiger charge is -2.29. The monoisotopic (exact) mass is 312 g/mol. The van der Waals surface area contributed by atoms with Gasteiger partial charge in [0.15, 0.2) is 0 Å². The van der Waals surface area contributed by atoms with E-state index in [4.69, 9.17) is 10.5 Å². The second-order valence-electron chi connectivity index (χ2n) is 4.93. The molecule has 1 aromatic carbocycles. The molecule has 2 N–H and O–H groups in total. The number of nitrogens with zero attached hydrogens (tertiary/aromatic N) is 1. The smallest absolute Gasteiger partial charge is 0.0508 e. The standard InChI is InChI=1S/C14H21BrN2O/c1-17(10-11-4-6-18-7-5-11)14-3-2-12(9-16)8-13(14)15/h2-3,8,11H,4-7,9-10,16H2,1H3. The van der Waals surface area contributed by atoms with Gasteiger partial charge in [-0.15, -0.1) is 0 Å². The Hall–Kier alpha value is -0.580. The number of rotatable bonds is 4. The van der Waals surface area contributed by atoms with Gasteiger partial charge in [0.05, 0.1) is 5.69 Å². The molecule has 1 heterocycles. The molecule has 1 aromatic rings. The highest BCUT2D eigenvalue weighted by molar-refractivity contribution is 9.10. The van der Waals surface area contributed by atoms with Crippen LogP contribution in [0.3, 0.4) is 0 Å². The number of hydrogen-bond acceptors (Lipinski definition) is 3. The summed E-state index contributed by atoms with van der Waals surface area (Å²) in [6.45, 7) is 3.49. The van der Waals surface area contributed by atoms with Gasteiger partial charge in [-0.3, -0.25) is 0 Å². The fourth-order valence-electron chi connectivity index (χ4n) is 2.40. The van der Waals surface area contributed by atoms with Gasteiger partial charge in [0.2, 0.25) is 0 Å². The van der Waals surface area contributed by atoms with Gasteiger partial charge < -0.3 is 15.4 Å². The van der Waals surface area contributed by atoms with E-state index in [1.165, 1.54) is 18.5 Å². The Morgan fingerprint density at radius 1 is 1.39 bits per heavy atom. The molecule has 0 amide bonds. The van der Waals surface area contributed by atoms with E-state index in [-0.39, 0.29) is 0 Å². The van der Waals surface area contributed by atoms with Crippen molar-refractivity contribution in [3.05, 3.63) is 28.2 Å². The molecular formula is C14H21BrN2O. The molecule has 2 rings (SSSR count). The number of ether oxygens (including phenoxy) is 1. The quantitative estimate of drug-likeness (QED) is 0.929. The lowest BCUT2D eigenvalue weighted by molar-refractivity contribution is 0.0685. The molecule has 0 radical (unpaired) electrons. The number of anilines is 1. The maximum absolute atomic E-state index is 5.65. The van der Waals surface area contributed by atoms with Gasteiger partial charge in [-0.05, 0) is 52.4 Å². The van der Waals surface area contributed by atoms with Crippen LogP contribution in [-0.2, 0) is 11.3 Å². The molecule has 1 aliphatic heterocycles. The van der Waals surface area contributed by atoms with Crippen molar-refractivity contribution in [2.75, 3.05) is 31.7 Å². The van der Waals surface area contributed by atoms with Crippen LogP contribution in [0.15, 0.2) is 22.7 Å². The first-order valence-corrected chi connectivity index (χ1v) is 7.27. The molecule has 0 atom stereocenters. The minimum Gasteiger partial charge on any atom is -0.381 e. The molecule has 4 heteroatoms. The van der Waals surface area contributed by atoms with Crippen molar-refractivity contribution < 1.29 is 4.74 Å². The topological polar surface area (TPSA) is 38.5 Å². The van der Waals surface area contributed by atoms with Gasteiger partial charge in [0.1, 0.15) is 0 Å². The maximum Gasteiger partial charge on any atom is 0.0508 e. The zero-order chi connectivity index (χ0) is 13.0. The Morgan fingerprint density at radius 2 is 2.11 bits per heavy atom. The van der Waals surface area contributed by atoms with E-state index in [0.717, 1.165) is 35.7 Å². The summed E-state index contributed by atoms with van der Waals surface area (Å²) in [7, 11) is 2.15. The Balaban J connectivity index is 2.01. The van der Waals surface area contributed by atoms with E-state index in [1.807, 2.05) is 0 Å². The van der Waals surface area contributed by atoms with E-state index < -0.39 is 0 Å². The summed E-state index contributed by atoms with van der Waals surface area (Å²) in [5.41, 5.74) is 8.04. The summed E-state index contributed by atoms with van der Waals surface area (Å²) in [6, 6.07) is 6.35. The molecule has 0 aromatic heterocycles. The summed E-state index contributed by atoms with van der Waals surface area (Å²) >= 11 is 3.63. The van der Waals surface area contributed by atoms with Crippen LogP contribution in [0.2, 0.25) is 0 Å². The Labute approximate surface area is 117 Å². The van der Waals surface area contributed by atoms with Crippen molar-refractivity contribution in [2.45, 2.75) is 19.4 Å². The average molecular weight is 313 g/mol. The zero-order valence-corrected chi connectivity index (χ0v) is 12.4. The second kappa shape index (κ2) is 6.55. The number of benzene rings is 1. The number of nitrogens with two attached hydrogens (primary N) is 1. The van der Waals surface area contributed by atoms with Crippen molar-refractivity contribution in [1.82, 2.24) is 0 Å². The normalized spacial score (nSPS) is 16.8. The molecule has 0 bridgehead atoms. The molecule has 1 saturated heterocycles. The van der Waals surface area contributed by atoms with E-state index in [2.05, 4.69) is 46.1 Å². The molecule has 0 aliphatic carbocycles. The molecule has 18 heavy (non-hydrogen) atoms. The number of hydrogen-bond donors (Lipinski definition) is 1. The van der Waals surface area contributed by atoms with E-state index in [0.29, 0.717) is 6.54 Å². The highest BCUT2D eigenvalue weighted by atomic mass is 79.9. The van der Waals surface area contributed by atoms with E-state index in [9.17, 15) is 0 Å². The maximum atomic E-state index is 5.65. The van der Waals surface area contributed by atoms with Crippen molar-refractivity contribution in [2.24, 2.45) is 11.7 Å². The minimum absolute atomic E-state index is 0.586. The third-order valence-corrected chi connectivity index (χ3v) is 4.17. The summed E-state index contributed by atoms with van der Waals surface area (Å²) in [5, 5.41) is 0. The molecule has 100 valence electrons. The third kappa shape index (κ3) is 3.46. The lowest BCUT2D eigenvalue weighted by Crippen LogP contribution is -2.29. The van der Waals surface area contributed by atoms with Crippen LogP contribution < -0.4 is 10.6 Å². The highest BCUT2D eigenvalue weighted by Gasteiger charge is 2.17. The summed E-state index contributed by atoms with van der Waals surface area (Å²) < 4.78 is 6.52. The average Bonchev–Trinajstić information content (AvgIpc) is 2.39. The van der Waals surface area contributed by atoms with Gasteiger partial charge >= 0.3 is 0 Å². The van der Waals surface area contributed by atoms with Crippen LogP contribution in [0.5, 0.6) is 0 Å². The molecule has 1 fully saturated rings. The number of halogens is 1. The predicted molar refractivity (Wildman–Crippen MR) is 78.8 cm³/mol. The van der Waals surface area contributed by atoms with Crippen LogP contribution in [-0.4, -0.2) is 26.8 Å². The molecular weight excluding hydrogens is 292 g/mol. The van der Waals surface area contributed by atoms with Gasteiger partial charge in [0.25, 0.3) is 0 Å². The summed E-state index contributed by atoms with van der Waals surface area (Å²) in [6.07, 6.45) is 2.34. The Bertz CT molecular complexity index is 391. The van der Waals surface area contributed by atoms with Crippen LogP contribution in [0.4, 0.5) is 5.69 Å². The Kier molecular flexibility index (Phi) is 5.03. The van der Waals surface area contributed by atoms with E-state index in [1.54, 1.807) is 0 Å². The van der Waals surface area contributed by atoms with Crippen LogP contribution in [0.25, 0.3) is 0 Å². The lowest BCUT2D eigenvalue weighted by atomic mass is 9.99. The molecule has 1 aliphatic rings. The van der Waals surface area contributed by atoms with Gasteiger partial charge in [-0.1, -0.05) is 6.07 Å². The molecule has 3 nitrogen and oxygen atoms in total.